The summed E-state index contributed by atoms with van der Waals surface area (Å²) >= 11 is 0. The third kappa shape index (κ3) is 1.50. The summed E-state index contributed by atoms with van der Waals surface area (Å²) in [5.41, 5.74) is 0.769. The maximum Gasteiger partial charge on any atom is 0.335 e. The van der Waals surface area contributed by atoms with Crippen LogP contribution in [-0.2, 0) is 9.53 Å². The molecule has 1 rings (SSSR count). The van der Waals surface area contributed by atoms with Crippen molar-refractivity contribution >= 4 is 5.97 Å². The van der Waals surface area contributed by atoms with Gasteiger partial charge in [0.2, 0.25) is 0 Å². The highest BCUT2D eigenvalue weighted by Crippen LogP contribution is 2.12. The minimum absolute atomic E-state index is 0.172. The van der Waals surface area contributed by atoms with Gasteiger partial charge in [0.15, 0.2) is 0 Å². The van der Waals surface area contributed by atoms with Gasteiger partial charge in [-0.05, 0) is 0 Å². The van der Waals surface area contributed by atoms with Gasteiger partial charge in [0.1, 0.15) is 0 Å². The van der Waals surface area contributed by atoms with Crippen LogP contribution in [0.2, 0.25) is 0 Å². The second-order valence-electron chi connectivity index (χ2n) is 2.50. The van der Waals surface area contributed by atoms with Crippen LogP contribution < -0.4 is 0 Å². The number of carbonyl (C=O) groups is 1. The monoisotopic (exact) mass is 141 g/mol. The molecule has 1 aliphatic rings. The van der Waals surface area contributed by atoms with Crippen LogP contribution in [0, 0.1) is 0 Å². The lowest BCUT2D eigenvalue weighted by molar-refractivity contribution is -0.135. The number of nitrogens with zero attached hydrogens (tertiary/aromatic N) is 1. The first-order valence-corrected chi connectivity index (χ1v) is 3.24. The average Bonchev–Trinajstić information content (AvgIpc) is 2.15. The molecule has 0 aromatic rings. The Kier molecular flexibility index (Phi) is 1.94. The zero-order valence-corrected chi connectivity index (χ0v) is 6.26. The van der Waals surface area contributed by atoms with Crippen molar-refractivity contribution in [3.8, 4) is 0 Å². The predicted octanol–water partition coefficient (Wildman–Crippen LogP) is 0.379. The van der Waals surface area contributed by atoms with Crippen LogP contribution in [0.4, 0.5) is 0 Å². The van der Waals surface area contributed by atoms with Gasteiger partial charge in [-0.15, -0.1) is 0 Å². The highest BCUT2D eigenvalue weighted by atomic mass is 16.5. The van der Waals surface area contributed by atoms with E-state index < -0.39 is 0 Å². The van der Waals surface area contributed by atoms with Crippen LogP contribution >= 0.6 is 0 Å². The van der Waals surface area contributed by atoms with Gasteiger partial charge in [-0.1, -0.05) is 0 Å². The molecular formula is C7H11NO2. The maximum atomic E-state index is 10.8. The van der Waals surface area contributed by atoms with E-state index in [1.54, 1.807) is 6.20 Å². The van der Waals surface area contributed by atoms with E-state index in [-0.39, 0.29) is 5.97 Å². The van der Waals surface area contributed by atoms with E-state index in [9.17, 15) is 4.79 Å². The van der Waals surface area contributed by atoms with Crippen LogP contribution in [0.3, 0.4) is 0 Å². The molecule has 0 atom stereocenters. The summed E-state index contributed by atoms with van der Waals surface area (Å²) in [7, 11) is 3.78. The highest BCUT2D eigenvalue weighted by Gasteiger charge is 2.18. The molecule has 0 spiro atoms. The van der Waals surface area contributed by atoms with Crippen molar-refractivity contribution < 1.29 is 9.53 Å². The molecule has 10 heavy (non-hydrogen) atoms. The molecule has 0 saturated carbocycles. The van der Waals surface area contributed by atoms with E-state index in [0.717, 1.165) is 12.0 Å². The lowest BCUT2D eigenvalue weighted by Gasteiger charge is -2.03. The quantitative estimate of drug-likeness (QED) is 0.390. The lowest BCUT2D eigenvalue weighted by Crippen LogP contribution is -2.05. The summed E-state index contributed by atoms with van der Waals surface area (Å²) in [6.45, 7) is 0.540. The molecule has 0 aromatic heterocycles. The molecule has 0 aliphatic carbocycles. The first kappa shape index (κ1) is 7.12. The Hall–Kier alpha value is -0.990. The topological polar surface area (TPSA) is 29.5 Å². The fraction of sp³-hybridized carbons (Fsp3) is 0.571. The van der Waals surface area contributed by atoms with Crippen LogP contribution in [-0.4, -0.2) is 31.6 Å². The van der Waals surface area contributed by atoms with Crippen LogP contribution in [0.25, 0.3) is 0 Å². The Bertz CT molecular complexity index is 172. The van der Waals surface area contributed by atoms with Gasteiger partial charge in [-0.3, -0.25) is 0 Å². The van der Waals surface area contributed by atoms with Crippen LogP contribution in [0.1, 0.15) is 6.42 Å². The van der Waals surface area contributed by atoms with Gasteiger partial charge in [-0.25, -0.2) is 4.79 Å². The fourth-order valence-electron chi connectivity index (χ4n) is 0.877. The number of carbonyl (C=O) groups excluding carboxylic acids is 1. The Morgan fingerprint density at radius 1 is 1.60 bits per heavy atom. The molecule has 0 amide bonds. The smallest absolute Gasteiger partial charge is 0.335 e. The molecule has 0 bridgehead atoms. The molecule has 1 aliphatic heterocycles. The van der Waals surface area contributed by atoms with E-state index in [1.807, 2.05) is 19.0 Å². The van der Waals surface area contributed by atoms with Crippen LogP contribution in [0.15, 0.2) is 11.8 Å². The van der Waals surface area contributed by atoms with Gasteiger partial charge in [0.05, 0.1) is 12.2 Å². The largest absolute Gasteiger partial charge is 0.462 e. The van der Waals surface area contributed by atoms with Crippen LogP contribution in [0.5, 0.6) is 0 Å². The molecule has 1 saturated heterocycles. The average molecular weight is 141 g/mol. The van der Waals surface area contributed by atoms with Crippen molar-refractivity contribution in [2.24, 2.45) is 0 Å². The Labute approximate surface area is 60.3 Å². The van der Waals surface area contributed by atoms with E-state index in [0.29, 0.717) is 6.61 Å². The van der Waals surface area contributed by atoms with E-state index >= 15 is 0 Å². The zero-order chi connectivity index (χ0) is 7.56. The number of hydrogen-bond acceptors (Lipinski definition) is 3. The lowest BCUT2D eigenvalue weighted by atomic mass is 10.2. The SMILES string of the molecule is CN(C)/C=C1/CCOC1=O. The van der Waals surface area contributed by atoms with Crippen molar-refractivity contribution in [3.05, 3.63) is 11.8 Å². The minimum atomic E-state index is -0.172. The molecule has 1 heterocycles. The molecule has 3 nitrogen and oxygen atoms in total. The summed E-state index contributed by atoms with van der Waals surface area (Å²) in [5, 5.41) is 0. The van der Waals surface area contributed by atoms with Gasteiger partial charge in [0, 0.05) is 26.7 Å². The molecule has 1 fully saturated rings. The Morgan fingerprint density at radius 3 is 2.70 bits per heavy atom. The third-order valence-corrected chi connectivity index (χ3v) is 1.28. The second kappa shape index (κ2) is 2.73. The number of hydrogen-bond donors (Lipinski definition) is 0. The van der Waals surface area contributed by atoms with Crippen molar-refractivity contribution in [2.75, 3.05) is 20.7 Å². The van der Waals surface area contributed by atoms with E-state index in [1.165, 1.54) is 0 Å². The Balaban J connectivity index is 2.62. The number of ether oxygens (including phenoxy) is 1. The molecular weight excluding hydrogens is 130 g/mol. The predicted molar refractivity (Wildman–Crippen MR) is 37.3 cm³/mol. The van der Waals surface area contributed by atoms with Gasteiger partial charge < -0.3 is 9.64 Å². The van der Waals surface area contributed by atoms with Gasteiger partial charge in [-0.2, -0.15) is 0 Å². The van der Waals surface area contributed by atoms with Crippen molar-refractivity contribution in [1.82, 2.24) is 4.90 Å². The zero-order valence-electron chi connectivity index (χ0n) is 6.26. The third-order valence-electron chi connectivity index (χ3n) is 1.28. The summed E-state index contributed by atoms with van der Waals surface area (Å²) in [5.74, 6) is -0.172. The van der Waals surface area contributed by atoms with E-state index in [2.05, 4.69) is 0 Å². The molecule has 0 aromatic carbocycles. The van der Waals surface area contributed by atoms with Crippen molar-refractivity contribution in [3.63, 3.8) is 0 Å². The highest BCUT2D eigenvalue weighted by molar-refractivity contribution is 5.90. The summed E-state index contributed by atoms with van der Waals surface area (Å²) in [6.07, 6.45) is 2.55. The molecule has 0 N–H and O–H groups in total. The molecule has 3 heteroatoms. The van der Waals surface area contributed by atoms with Gasteiger partial charge in [0.25, 0.3) is 0 Å². The second-order valence-corrected chi connectivity index (χ2v) is 2.50. The molecule has 0 radical (unpaired) electrons. The summed E-state index contributed by atoms with van der Waals surface area (Å²) in [4.78, 5) is 12.6. The molecule has 0 unspecified atom stereocenters. The molecule has 56 valence electrons. The first-order chi connectivity index (χ1) is 4.70. The maximum absolute atomic E-state index is 10.8. The summed E-state index contributed by atoms with van der Waals surface area (Å²) < 4.78 is 4.73. The Morgan fingerprint density at radius 2 is 2.30 bits per heavy atom. The number of esters is 1. The fourth-order valence-corrected chi connectivity index (χ4v) is 0.877. The van der Waals surface area contributed by atoms with Gasteiger partial charge >= 0.3 is 5.97 Å². The normalized spacial score (nSPS) is 21.4. The number of cyclic esters (lactones) is 1. The summed E-state index contributed by atoms with van der Waals surface area (Å²) in [6, 6.07) is 0. The van der Waals surface area contributed by atoms with Crippen molar-refractivity contribution in [1.29, 1.82) is 0 Å². The number of rotatable bonds is 1. The van der Waals surface area contributed by atoms with Crippen molar-refractivity contribution in [2.45, 2.75) is 6.42 Å². The standard InChI is InChI=1S/C7H11NO2/c1-8(2)5-6-3-4-10-7(6)9/h5H,3-4H2,1-2H3/b6-5-. The minimum Gasteiger partial charge on any atom is -0.462 e. The first-order valence-electron chi connectivity index (χ1n) is 3.24. The van der Waals surface area contributed by atoms with E-state index in [4.69, 9.17) is 4.74 Å².